The summed E-state index contributed by atoms with van der Waals surface area (Å²) in [5.74, 6) is 0.726. The van der Waals surface area contributed by atoms with E-state index in [2.05, 4.69) is 11.1 Å². The quantitative estimate of drug-likeness (QED) is 0.627. The lowest BCUT2D eigenvalue weighted by Crippen LogP contribution is -1.86. The van der Waals surface area contributed by atoms with Gasteiger partial charge in [0.1, 0.15) is 0 Å². The van der Waals surface area contributed by atoms with Crippen LogP contribution in [0, 0.1) is 6.92 Å². The third-order valence-corrected chi connectivity index (χ3v) is 2.35. The van der Waals surface area contributed by atoms with Crippen LogP contribution in [-0.2, 0) is 0 Å². The van der Waals surface area contributed by atoms with E-state index in [0.29, 0.717) is 0 Å². The molecule has 0 amide bonds. The number of aryl methyl sites for hydroxylation is 1. The lowest BCUT2D eigenvalue weighted by Gasteiger charge is -2.01. The number of hydrogen-bond acceptors (Lipinski definition) is 1. The van der Waals surface area contributed by atoms with E-state index >= 15 is 0 Å². The van der Waals surface area contributed by atoms with E-state index in [1.807, 2.05) is 6.92 Å². The molecule has 0 spiro atoms. The summed E-state index contributed by atoms with van der Waals surface area (Å²) in [7, 11) is 0. The molecule has 1 nitrogen and oxygen atoms in total. The van der Waals surface area contributed by atoms with E-state index in [4.69, 9.17) is 11.6 Å². The monoisotopic (exact) mass is 167 g/mol. The highest BCUT2D eigenvalue weighted by atomic mass is 35.5. The Kier molecular flexibility index (Phi) is 1.61. The molecular weight excluding hydrogens is 158 g/mol. The van der Waals surface area contributed by atoms with Crippen molar-refractivity contribution in [3.63, 3.8) is 0 Å². The fourth-order valence-electron chi connectivity index (χ4n) is 1.27. The molecule has 0 atom stereocenters. The maximum atomic E-state index is 5.97. The van der Waals surface area contributed by atoms with Gasteiger partial charge >= 0.3 is 0 Å². The van der Waals surface area contributed by atoms with E-state index in [0.717, 1.165) is 16.6 Å². The van der Waals surface area contributed by atoms with Crippen molar-refractivity contribution in [3.05, 3.63) is 28.5 Å². The van der Waals surface area contributed by atoms with Crippen LogP contribution in [0.15, 0.2) is 12.3 Å². The molecule has 0 bridgehead atoms. The highest BCUT2D eigenvalue weighted by Gasteiger charge is 2.25. The summed E-state index contributed by atoms with van der Waals surface area (Å²) in [5.41, 5.74) is 2.36. The molecule has 11 heavy (non-hydrogen) atoms. The van der Waals surface area contributed by atoms with Crippen molar-refractivity contribution in [2.45, 2.75) is 25.7 Å². The first kappa shape index (κ1) is 7.11. The molecule has 1 aromatic rings. The van der Waals surface area contributed by atoms with Gasteiger partial charge < -0.3 is 0 Å². The minimum Gasteiger partial charge on any atom is -0.260 e. The van der Waals surface area contributed by atoms with Gasteiger partial charge in [-0.05, 0) is 37.3 Å². The van der Waals surface area contributed by atoms with Gasteiger partial charge in [0.05, 0.1) is 5.02 Å². The smallest absolute Gasteiger partial charge is 0.0624 e. The number of hydrogen-bond donors (Lipinski definition) is 0. The third kappa shape index (κ3) is 1.38. The van der Waals surface area contributed by atoms with Crippen molar-refractivity contribution < 1.29 is 0 Å². The molecule has 1 aliphatic rings. The minimum atomic E-state index is 0.726. The van der Waals surface area contributed by atoms with Gasteiger partial charge in [-0.1, -0.05) is 11.6 Å². The lowest BCUT2D eigenvalue weighted by atomic mass is 10.1. The normalized spacial score (nSPS) is 16.9. The molecule has 0 aliphatic heterocycles. The van der Waals surface area contributed by atoms with E-state index in [1.165, 1.54) is 18.4 Å². The predicted octanol–water partition coefficient (Wildman–Crippen LogP) is 2.92. The van der Waals surface area contributed by atoms with Crippen LogP contribution in [0.4, 0.5) is 0 Å². The Morgan fingerprint density at radius 3 is 2.91 bits per heavy atom. The minimum absolute atomic E-state index is 0.726. The summed E-state index contributed by atoms with van der Waals surface area (Å²) in [6, 6.07) is 2.10. The number of pyridine rings is 1. The van der Waals surface area contributed by atoms with Crippen molar-refractivity contribution in [1.29, 1.82) is 0 Å². The van der Waals surface area contributed by atoms with E-state index in [9.17, 15) is 0 Å². The molecule has 0 radical (unpaired) electrons. The van der Waals surface area contributed by atoms with E-state index in [1.54, 1.807) is 6.20 Å². The van der Waals surface area contributed by atoms with Crippen LogP contribution in [0.5, 0.6) is 0 Å². The average Bonchev–Trinajstić information content (AvgIpc) is 2.76. The molecule has 2 rings (SSSR count). The van der Waals surface area contributed by atoms with Gasteiger partial charge in [0, 0.05) is 11.9 Å². The Morgan fingerprint density at radius 1 is 1.55 bits per heavy atom. The van der Waals surface area contributed by atoms with Gasteiger partial charge in [0.2, 0.25) is 0 Å². The largest absolute Gasteiger partial charge is 0.260 e. The molecule has 0 N–H and O–H groups in total. The van der Waals surface area contributed by atoms with Crippen LogP contribution < -0.4 is 0 Å². The number of nitrogens with zero attached hydrogens (tertiary/aromatic N) is 1. The zero-order valence-corrected chi connectivity index (χ0v) is 7.23. The second-order valence-electron chi connectivity index (χ2n) is 3.12. The molecule has 1 aliphatic carbocycles. The second kappa shape index (κ2) is 2.49. The first-order valence-electron chi connectivity index (χ1n) is 3.89. The summed E-state index contributed by atoms with van der Waals surface area (Å²) in [6.45, 7) is 2.00. The van der Waals surface area contributed by atoms with E-state index < -0.39 is 0 Å². The average molecular weight is 168 g/mol. The van der Waals surface area contributed by atoms with E-state index in [-0.39, 0.29) is 0 Å². The highest BCUT2D eigenvalue weighted by Crippen LogP contribution is 2.42. The van der Waals surface area contributed by atoms with Crippen LogP contribution in [0.3, 0.4) is 0 Å². The number of halogens is 1. The summed E-state index contributed by atoms with van der Waals surface area (Å²) in [5, 5.41) is 0.832. The Hall–Kier alpha value is -0.560. The fourth-order valence-corrected chi connectivity index (χ4v) is 1.53. The van der Waals surface area contributed by atoms with Crippen LogP contribution in [0.2, 0.25) is 5.02 Å². The standard InChI is InChI=1S/C9H10ClN/c1-6-4-8(7-2-3-7)9(10)5-11-6/h4-5,7H,2-3H2,1H3. The maximum Gasteiger partial charge on any atom is 0.0624 e. The van der Waals surface area contributed by atoms with Crippen molar-refractivity contribution in [3.8, 4) is 0 Å². The molecule has 1 saturated carbocycles. The lowest BCUT2D eigenvalue weighted by molar-refractivity contribution is 1.08. The molecule has 1 aromatic heterocycles. The van der Waals surface area contributed by atoms with Crippen molar-refractivity contribution in [2.24, 2.45) is 0 Å². The summed E-state index contributed by atoms with van der Waals surface area (Å²) in [6.07, 6.45) is 4.34. The molecule has 58 valence electrons. The van der Waals surface area contributed by atoms with Gasteiger partial charge in [-0.3, -0.25) is 4.98 Å². The summed E-state index contributed by atoms with van der Waals surface area (Å²) in [4.78, 5) is 4.12. The van der Waals surface area contributed by atoms with Crippen LogP contribution in [0.1, 0.15) is 30.0 Å². The first-order valence-corrected chi connectivity index (χ1v) is 4.27. The molecule has 0 aromatic carbocycles. The molecule has 0 saturated heterocycles. The molecule has 2 heteroatoms. The SMILES string of the molecule is Cc1cc(C2CC2)c(Cl)cn1. The second-order valence-corrected chi connectivity index (χ2v) is 3.53. The topological polar surface area (TPSA) is 12.9 Å². The Labute approximate surface area is 71.4 Å². The van der Waals surface area contributed by atoms with Crippen LogP contribution in [-0.4, -0.2) is 4.98 Å². The molecule has 1 heterocycles. The molecule has 1 fully saturated rings. The van der Waals surface area contributed by atoms with Crippen LogP contribution in [0.25, 0.3) is 0 Å². The summed E-state index contributed by atoms with van der Waals surface area (Å²) < 4.78 is 0. The van der Waals surface area contributed by atoms with Crippen molar-refractivity contribution in [1.82, 2.24) is 4.98 Å². The summed E-state index contributed by atoms with van der Waals surface area (Å²) >= 11 is 5.97. The zero-order valence-electron chi connectivity index (χ0n) is 6.47. The predicted molar refractivity (Wildman–Crippen MR) is 46.0 cm³/mol. The van der Waals surface area contributed by atoms with Gasteiger partial charge in [-0.15, -0.1) is 0 Å². The third-order valence-electron chi connectivity index (χ3n) is 2.04. The van der Waals surface area contributed by atoms with Crippen molar-refractivity contribution in [2.75, 3.05) is 0 Å². The first-order chi connectivity index (χ1) is 5.27. The maximum absolute atomic E-state index is 5.97. The number of aromatic nitrogens is 1. The zero-order chi connectivity index (χ0) is 7.84. The molecule has 0 unspecified atom stereocenters. The van der Waals surface area contributed by atoms with Crippen LogP contribution >= 0.6 is 11.6 Å². The molecular formula is C9H10ClN. The van der Waals surface area contributed by atoms with Gasteiger partial charge in [-0.25, -0.2) is 0 Å². The Bertz CT molecular complexity index is 279. The van der Waals surface area contributed by atoms with Gasteiger partial charge in [0.25, 0.3) is 0 Å². The Balaban J connectivity index is 2.42. The highest BCUT2D eigenvalue weighted by molar-refractivity contribution is 6.31. The Morgan fingerprint density at radius 2 is 2.27 bits per heavy atom. The number of rotatable bonds is 1. The van der Waals surface area contributed by atoms with Gasteiger partial charge in [-0.2, -0.15) is 0 Å². The fraction of sp³-hybridized carbons (Fsp3) is 0.444. The van der Waals surface area contributed by atoms with Crippen molar-refractivity contribution >= 4 is 11.6 Å². The van der Waals surface area contributed by atoms with Gasteiger partial charge in [0.15, 0.2) is 0 Å².